The average molecular weight is 265 g/mol. The van der Waals surface area contributed by atoms with Crippen LogP contribution >= 0.6 is 11.8 Å². The Kier molecular flexibility index (Phi) is 4.66. The summed E-state index contributed by atoms with van der Waals surface area (Å²) in [6.07, 6.45) is 0.995. The van der Waals surface area contributed by atoms with Crippen LogP contribution in [0.25, 0.3) is 0 Å². The lowest BCUT2D eigenvalue weighted by Crippen LogP contribution is -2.34. The molecule has 1 heterocycles. The summed E-state index contributed by atoms with van der Waals surface area (Å²) in [6.45, 7) is 3.95. The first kappa shape index (κ1) is 13.4. The Labute approximate surface area is 112 Å². The van der Waals surface area contributed by atoms with Crippen molar-refractivity contribution in [3.8, 4) is 0 Å². The number of nitrogens with zero attached hydrogens (tertiary/aromatic N) is 1. The van der Waals surface area contributed by atoms with Gasteiger partial charge in [0.05, 0.1) is 6.54 Å². The van der Waals surface area contributed by atoms with E-state index >= 15 is 0 Å². The van der Waals surface area contributed by atoms with E-state index in [0.29, 0.717) is 5.92 Å². The van der Waals surface area contributed by atoms with Gasteiger partial charge in [0.25, 0.3) is 0 Å². The molecule has 0 fully saturated rings. The van der Waals surface area contributed by atoms with Crippen molar-refractivity contribution in [2.45, 2.75) is 24.2 Å². The molecule has 1 aliphatic heterocycles. The van der Waals surface area contributed by atoms with Gasteiger partial charge >= 0.3 is 5.97 Å². The highest BCUT2D eigenvalue weighted by Crippen LogP contribution is 2.39. The molecule has 0 bridgehead atoms. The highest BCUT2D eigenvalue weighted by molar-refractivity contribution is 7.99. The molecule has 1 aliphatic rings. The van der Waals surface area contributed by atoms with Crippen molar-refractivity contribution in [3.05, 3.63) is 29.8 Å². The quantitative estimate of drug-likeness (QED) is 0.858. The summed E-state index contributed by atoms with van der Waals surface area (Å²) in [7, 11) is 0. The highest BCUT2D eigenvalue weighted by Gasteiger charge is 2.25. The van der Waals surface area contributed by atoms with Crippen molar-refractivity contribution in [2.75, 3.05) is 25.4 Å². The van der Waals surface area contributed by atoms with E-state index in [1.54, 1.807) is 0 Å². The van der Waals surface area contributed by atoms with Gasteiger partial charge < -0.3 is 5.11 Å². The Balaban J connectivity index is 2.02. The predicted molar refractivity (Wildman–Crippen MR) is 74.3 cm³/mol. The molecular formula is C14H19NO2S. The Morgan fingerprint density at radius 1 is 1.50 bits per heavy atom. The highest BCUT2D eigenvalue weighted by atomic mass is 32.2. The first-order valence-corrected chi connectivity index (χ1v) is 7.35. The fourth-order valence-electron chi connectivity index (χ4n) is 2.43. The molecule has 98 valence electrons. The minimum absolute atomic E-state index is 0.150. The van der Waals surface area contributed by atoms with E-state index in [0.717, 1.165) is 25.3 Å². The average Bonchev–Trinajstić information content (AvgIpc) is 2.72. The van der Waals surface area contributed by atoms with Crippen LogP contribution in [0.1, 0.15) is 24.8 Å². The third kappa shape index (κ3) is 3.27. The van der Waals surface area contributed by atoms with Crippen molar-refractivity contribution in [1.82, 2.24) is 4.90 Å². The minimum Gasteiger partial charge on any atom is -0.480 e. The monoisotopic (exact) mass is 265 g/mol. The van der Waals surface area contributed by atoms with Gasteiger partial charge in [-0.3, -0.25) is 9.69 Å². The Bertz CT molecular complexity index is 422. The van der Waals surface area contributed by atoms with Crippen molar-refractivity contribution < 1.29 is 9.90 Å². The van der Waals surface area contributed by atoms with Gasteiger partial charge in [0.15, 0.2) is 0 Å². The number of benzene rings is 1. The van der Waals surface area contributed by atoms with Crippen molar-refractivity contribution in [3.63, 3.8) is 0 Å². The fourth-order valence-corrected chi connectivity index (χ4v) is 3.68. The first-order chi connectivity index (χ1) is 8.70. The van der Waals surface area contributed by atoms with Crippen LogP contribution in [0, 0.1) is 0 Å². The summed E-state index contributed by atoms with van der Waals surface area (Å²) in [5, 5.41) is 8.93. The van der Waals surface area contributed by atoms with E-state index in [1.807, 2.05) is 11.8 Å². The number of hydrogen-bond acceptors (Lipinski definition) is 3. The van der Waals surface area contributed by atoms with E-state index in [2.05, 4.69) is 36.1 Å². The zero-order chi connectivity index (χ0) is 13.0. The van der Waals surface area contributed by atoms with E-state index in [4.69, 9.17) is 5.11 Å². The number of aliphatic carboxylic acids is 1. The molecule has 0 saturated carbocycles. The summed E-state index contributed by atoms with van der Waals surface area (Å²) < 4.78 is 0. The summed E-state index contributed by atoms with van der Waals surface area (Å²) >= 11 is 1.88. The number of thioether (sulfide) groups is 1. The molecule has 0 saturated heterocycles. The van der Waals surface area contributed by atoms with E-state index in [9.17, 15) is 4.79 Å². The van der Waals surface area contributed by atoms with Gasteiger partial charge in [0, 0.05) is 23.1 Å². The first-order valence-electron chi connectivity index (χ1n) is 6.36. The van der Waals surface area contributed by atoms with Gasteiger partial charge in [0.1, 0.15) is 0 Å². The minimum atomic E-state index is -0.734. The number of carboxylic acid groups (broad SMARTS) is 1. The van der Waals surface area contributed by atoms with Crippen molar-refractivity contribution >= 4 is 17.7 Å². The zero-order valence-corrected chi connectivity index (χ0v) is 11.4. The van der Waals surface area contributed by atoms with Gasteiger partial charge in [-0.05, 0) is 24.6 Å². The third-order valence-electron chi connectivity index (χ3n) is 3.18. The molecule has 2 rings (SSSR count). The molecule has 1 aromatic rings. The lowest BCUT2D eigenvalue weighted by molar-refractivity contribution is -0.138. The lowest BCUT2D eigenvalue weighted by atomic mass is 10.0. The summed E-state index contributed by atoms with van der Waals surface area (Å²) in [4.78, 5) is 14.3. The molecule has 1 unspecified atom stereocenters. The lowest BCUT2D eigenvalue weighted by Gasteiger charge is -2.23. The second-order valence-electron chi connectivity index (χ2n) is 4.67. The number of fused-ring (bicyclic) bond motifs is 1. The Morgan fingerprint density at radius 3 is 3.00 bits per heavy atom. The molecule has 0 amide bonds. The summed E-state index contributed by atoms with van der Waals surface area (Å²) in [5.41, 5.74) is 1.38. The number of carboxylic acids is 1. The summed E-state index contributed by atoms with van der Waals surface area (Å²) in [5.74, 6) is 0.804. The second-order valence-corrected chi connectivity index (χ2v) is 5.74. The van der Waals surface area contributed by atoms with Gasteiger partial charge in [0.2, 0.25) is 0 Å². The van der Waals surface area contributed by atoms with Crippen LogP contribution in [-0.4, -0.2) is 41.4 Å². The molecule has 3 nitrogen and oxygen atoms in total. The largest absolute Gasteiger partial charge is 0.480 e. The fraction of sp³-hybridized carbons (Fsp3) is 0.500. The summed E-state index contributed by atoms with van der Waals surface area (Å²) in [6, 6.07) is 8.46. The predicted octanol–water partition coefficient (Wildman–Crippen LogP) is 2.67. The van der Waals surface area contributed by atoms with Gasteiger partial charge in [-0.1, -0.05) is 25.1 Å². The topological polar surface area (TPSA) is 40.5 Å². The van der Waals surface area contributed by atoms with E-state index in [-0.39, 0.29) is 6.54 Å². The van der Waals surface area contributed by atoms with Crippen LogP contribution in [0.4, 0.5) is 0 Å². The van der Waals surface area contributed by atoms with Crippen LogP contribution < -0.4 is 0 Å². The Morgan fingerprint density at radius 2 is 2.28 bits per heavy atom. The molecule has 1 atom stereocenters. The van der Waals surface area contributed by atoms with Gasteiger partial charge in [-0.2, -0.15) is 0 Å². The number of hydrogen-bond donors (Lipinski definition) is 1. The smallest absolute Gasteiger partial charge is 0.317 e. The standard InChI is InChI=1S/C14H19NO2S/c1-2-7-15(9-14(16)17)8-11-10-18-13-6-4-3-5-12(11)13/h3-6,11H,2,7-10H2,1H3,(H,16,17). The molecule has 0 spiro atoms. The van der Waals surface area contributed by atoms with Crippen molar-refractivity contribution in [1.29, 1.82) is 0 Å². The van der Waals surface area contributed by atoms with Crippen molar-refractivity contribution in [2.24, 2.45) is 0 Å². The van der Waals surface area contributed by atoms with Gasteiger partial charge in [-0.15, -0.1) is 11.8 Å². The molecule has 0 radical (unpaired) electrons. The molecule has 0 aromatic heterocycles. The van der Waals surface area contributed by atoms with Crippen LogP contribution in [0.15, 0.2) is 29.2 Å². The molecule has 0 aliphatic carbocycles. The number of rotatable bonds is 6. The number of carbonyl (C=O) groups is 1. The zero-order valence-electron chi connectivity index (χ0n) is 10.6. The Hall–Kier alpha value is -1.00. The van der Waals surface area contributed by atoms with Crippen LogP contribution in [0.5, 0.6) is 0 Å². The second kappa shape index (κ2) is 6.25. The van der Waals surface area contributed by atoms with Crippen LogP contribution in [0.3, 0.4) is 0 Å². The van der Waals surface area contributed by atoms with Crippen LogP contribution in [-0.2, 0) is 4.79 Å². The molecule has 18 heavy (non-hydrogen) atoms. The van der Waals surface area contributed by atoms with Crippen LogP contribution in [0.2, 0.25) is 0 Å². The maximum Gasteiger partial charge on any atom is 0.317 e. The maximum absolute atomic E-state index is 10.9. The third-order valence-corrected chi connectivity index (χ3v) is 4.43. The SMILES string of the molecule is CCCN(CC(=O)O)CC1CSc2ccccc21. The molecule has 1 aromatic carbocycles. The van der Waals surface area contributed by atoms with E-state index in [1.165, 1.54) is 10.5 Å². The molecule has 4 heteroatoms. The maximum atomic E-state index is 10.9. The van der Waals surface area contributed by atoms with E-state index < -0.39 is 5.97 Å². The normalized spacial score (nSPS) is 18.0. The molecular weight excluding hydrogens is 246 g/mol. The molecule has 1 N–H and O–H groups in total. The van der Waals surface area contributed by atoms with Gasteiger partial charge in [-0.25, -0.2) is 0 Å².